The van der Waals surface area contributed by atoms with Gasteiger partial charge in [0.25, 0.3) is 0 Å². The lowest BCUT2D eigenvalue weighted by Gasteiger charge is -2.15. The molecule has 0 bridgehead atoms. The van der Waals surface area contributed by atoms with Crippen molar-refractivity contribution in [1.29, 1.82) is 0 Å². The standard InChI is InChI=1S/C18H18O5/c1-4-13-5-7-15(17(9-13)22-11-20-2)16-8-6-14(19)10-18(16)23-12-21-3/h1,5-10,19H,11-12H2,2-3H3. The number of rotatable bonds is 7. The lowest BCUT2D eigenvalue weighted by atomic mass is 10.0. The molecule has 0 heterocycles. The first-order chi connectivity index (χ1) is 11.2. The van der Waals surface area contributed by atoms with Crippen LogP contribution in [-0.2, 0) is 9.47 Å². The van der Waals surface area contributed by atoms with Gasteiger partial charge in [0, 0.05) is 37.0 Å². The number of terminal acetylenes is 1. The van der Waals surface area contributed by atoms with Gasteiger partial charge in [-0.3, -0.25) is 0 Å². The zero-order chi connectivity index (χ0) is 16.7. The van der Waals surface area contributed by atoms with Gasteiger partial charge < -0.3 is 24.1 Å². The van der Waals surface area contributed by atoms with E-state index in [1.54, 1.807) is 25.3 Å². The third-order valence-corrected chi connectivity index (χ3v) is 3.07. The van der Waals surface area contributed by atoms with Gasteiger partial charge in [-0.1, -0.05) is 5.92 Å². The highest BCUT2D eigenvalue weighted by molar-refractivity contribution is 5.77. The summed E-state index contributed by atoms with van der Waals surface area (Å²) in [5.74, 6) is 3.70. The molecule has 0 unspecified atom stereocenters. The Morgan fingerprint density at radius 2 is 1.48 bits per heavy atom. The van der Waals surface area contributed by atoms with Crippen LogP contribution in [0.4, 0.5) is 0 Å². The number of aromatic hydroxyl groups is 1. The Balaban J connectivity index is 2.50. The fraction of sp³-hybridized carbons (Fsp3) is 0.222. The van der Waals surface area contributed by atoms with Crippen molar-refractivity contribution >= 4 is 0 Å². The molecule has 2 aromatic rings. The van der Waals surface area contributed by atoms with Crippen LogP contribution in [0.3, 0.4) is 0 Å². The average molecular weight is 314 g/mol. The summed E-state index contributed by atoms with van der Waals surface area (Å²) in [6, 6.07) is 10.2. The predicted octanol–water partition coefficient (Wildman–Crippen LogP) is 3.01. The van der Waals surface area contributed by atoms with E-state index in [1.807, 2.05) is 12.1 Å². The number of phenols is 1. The van der Waals surface area contributed by atoms with Crippen LogP contribution < -0.4 is 9.47 Å². The molecule has 23 heavy (non-hydrogen) atoms. The zero-order valence-electron chi connectivity index (χ0n) is 13.0. The Morgan fingerprint density at radius 3 is 2.04 bits per heavy atom. The Kier molecular flexibility index (Phi) is 5.87. The molecule has 0 radical (unpaired) electrons. The normalized spacial score (nSPS) is 10.1. The van der Waals surface area contributed by atoms with Gasteiger partial charge in [-0.25, -0.2) is 0 Å². The fourth-order valence-electron chi connectivity index (χ4n) is 2.05. The maximum Gasteiger partial charge on any atom is 0.188 e. The molecule has 0 spiro atoms. The van der Waals surface area contributed by atoms with Crippen molar-refractivity contribution in [1.82, 2.24) is 0 Å². The highest BCUT2D eigenvalue weighted by Crippen LogP contribution is 2.38. The van der Waals surface area contributed by atoms with E-state index < -0.39 is 0 Å². The Hall–Kier alpha value is -2.68. The van der Waals surface area contributed by atoms with Crippen molar-refractivity contribution in [2.75, 3.05) is 27.8 Å². The number of ether oxygens (including phenoxy) is 4. The first-order valence-corrected chi connectivity index (χ1v) is 6.87. The molecule has 5 heteroatoms. The molecular weight excluding hydrogens is 296 g/mol. The number of hydrogen-bond donors (Lipinski definition) is 1. The van der Waals surface area contributed by atoms with Crippen LogP contribution in [0.5, 0.6) is 17.2 Å². The zero-order valence-corrected chi connectivity index (χ0v) is 13.0. The van der Waals surface area contributed by atoms with Crippen LogP contribution in [0, 0.1) is 12.3 Å². The first kappa shape index (κ1) is 16.7. The van der Waals surface area contributed by atoms with Crippen LogP contribution in [0.25, 0.3) is 11.1 Å². The number of benzene rings is 2. The third kappa shape index (κ3) is 4.16. The number of methoxy groups -OCH3 is 2. The van der Waals surface area contributed by atoms with E-state index in [-0.39, 0.29) is 19.3 Å². The number of phenolic OH excluding ortho intramolecular Hbond substituents is 1. The minimum atomic E-state index is 0.0627. The van der Waals surface area contributed by atoms with Crippen molar-refractivity contribution in [3.8, 4) is 40.7 Å². The molecule has 0 saturated carbocycles. The van der Waals surface area contributed by atoms with Crippen molar-refractivity contribution < 1.29 is 24.1 Å². The van der Waals surface area contributed by atoms with Gasteiger partial charge in [0.1, 0.15) is 17.2 Å². The Bertz CT molecular complexity index is 703. The van der Waals surface area contributed by atoms with Crippen molar-refractivity contribution in [3.05, 3.63) is 42.0 Å². The summed E-state index contributed by atoms with van der Waals surface area (Å²) in [5, 5.41) is 9.68. The minimum Gasteiger partial charge on any atom is -0.508 e. The van der Waals surface area contributed by atoms with E-state index in [9.17, 15) is 5.11 Å². The van der Waals surface area contributed by atoms with Gasteiger partial charge in [-0.15, -0.1) is 6.42 Å². The van der Waals surface area contributed by atoms with E-state index in [0.717, 1.165) is 11.1 Å². The average Bonchev–Trinajstić information content (AvgIpc) is 2.58. The quantitative estimate of drug-likeness (QED) is 0.629. The lowest BCUT2D eigenvalue weighted by Crippen LogP contribution is -2.03. The molecule has 0 fully saturated rings. The molecular formula is C18H18O5. The van der Waals surface area contributed by atoms with Gasteiger partial charge in [0.2, 0.25) is 0 Å². The second kappa shape index (κ2) is 8.08. The molecule has 0 atom stereocenters. The molecule has 0 amide bonds. The molecule has 0 saturated heterocycles. The van der Waals surface area contributed by atoms with Gasteiger partial charge >= 0.3 is 0 Å². The maximum atomic E-state index is 9.68. The summed E-state index contributed by atoms with van der Waals surface area (Å²) in [6.45, 7) is 0.153. The van der Waals surface area contributed by atoms with E-state index in [2.05, 4.69) is 5.92 Å². The van der Waals surface area contributed by atoms with E-state index in [1.165, 1.54) is 13.2 Å². The lowest BCUT2D eigenvalue weighted by molar-refractivity contribution is 0.0499. The highest BCUT2D eigenvalue weighted by Gasteiger charge is 2.13. The topological polar surface area (TPSA) is 57.2 Å². The third-order valence-electron chi connectivity index (χ3n) is 3.07. The van der Waals surface area contributed by atoms with Crippen molar-refractivity contribution in [3.63, 3.8) is 0 Å². The highest BCUT2D eigenvalue weighted by atomic mass is 16.7. The minimum absolute atomic E-state index is 0.0627. The maximum absolute atomic E-state index is 9.68. The van der Waals surface area contributed by atoms with E-state index >= 15 is 0 Å². The van der Waals surface area contributed by atoms with Gasteiger partial charge in [-0.2, -0.15) is 0 Å². The van der Waals surface area contributed by atoms with Crippen LogP contribution in [0.15, 0.2) is 36.4 Å². The largest absolute Gasteiger partial charge is 0.508 e. The second-order valence-electron chi connectivity index (χ2n) is 4.64. The van der Waals surface area contributed by atoms with Gasteiger partial charge in [0.05, 0.1) is 0 Å². The Morgan fingerprint density at radius 1 is 0.913 bits per heavy atom. The summed E-state index contributed by atoms with van der Waals surface area (Å²) < 4.78 is 21.0. The molecule has 2 aromatic carbocycles. The molecule has 2 rings (SSSR count). The summed E-state index contributed by atoms with van der Waals surface area (Å²) >= 11 is 0. The SMILES string of the molecule is C#Cc1ccc(-c2ccc(O)cc2OCOC)c(OCOC)c1. The van der Waals surface area contributed by atoms with Gasteiger partial charge in [-0.05, 0) is 30.3 Å². The smallest absolute Gasteiger partial charge is 0.188 e. The molecule has 0 aliphatic rings. The summed E-state index contributed by atoms with van der Waals surface area (Å²) in [4.78, 5) is 0. The summed E-state index contributed by atoms with van der Waals surface area (Å²) in [5.41, 5.74) is 2.21. The fourth-order valence-corrected chi connectivity index (χ4v) is 2.05. The van der Waals surface area contributed by atoms with Crippen LogP contribution in [-0.4, -0.2) is 32.9 Å². The monoisotopic (exact) mass is 314 g/mol. The Labute approximate surface area is 135 Å². The van der Waals surface area contributed by atoms with Gasteiger partial charge in [0.15, 0.2) is 13.6 Å². The van der Waals surface area contributed by atoms with Crippen LogP contribution in [0.1, 0.15) is 5.56 Å². The summed E-state index contributed by atoms with van der Waals surface area (Å²) in [6.07, 6.45) is 5.44. The van der Waals surface area contributed by atoms with Crippen molar-refractivity contribution in [2.24, 2.45) is 0 Å². The number of hydrogen-bond acceptors (Lipinski definition) is 5. The first-order valence-electron chi connectivity index (χ1n) is 6.87. The molecule has 0 aliphatic heterocycles. The molecule has 1 N–H and O–H groups in total. The molecule has 5 nitrogen and oxygen atoms in total. The van der Waals surface area contributed by atoms with E-state index in [4.69, 9.17) is 25.4 Å². The predicted molar refractivity (Wildman–Crippen MR) is 86.5 cm³/mol. The summed E-state index contributed by atoms with van der Waals surface area (Å²) in [7, 11) is 3.07. The van der Waals surface area contributed by atoms with E-state index in [0.29, 0.717) is 17.1 Å². The van der Waals surface area contributed by atoms with Crippen LogP contribution in [0.2, 0.25) is 0 Å². The molecule has 0 aromatic heterocycles. The second-order valence-corrected chi connectivity index (χ2v) is 4.64. The van der Waals surface area contributed by atoms with Crippen LogP contribution >= 0.6 is 0 Å². The van der Waals surface area contributed by atoms with Crippen molar-refractivity contribution in [2.45, 2.75) is 0 Å². The molecule has 0 aliphatic carbocycles. The molecule has 120 valence electrons.